The molecule has 0 aromatic carbocycles. The van der Waals surface area contributed by atoms with Gasteiger partial charge in [0.2, 0.25) is 29.4 Å². The van der Waals surface area contributed by atoms with Gasteiger partial charge in [0.1, 0.15) is 18.1 Å². The van der Waals surface area contributed by atoms with Crippen molar-refractivity contribution in [2.45, 2.75) is 187 Å². The molecular formula is C44H70N6O6. The maximum Gasteiger partial charge on any atom is 0.289 e. The number of amides is 5. The van der Waals surface area contributed by atoms with E-state index in [1.165, 1.54) is 12.8 Å². The first kappa shape index (κ1) is 41.2. The van der Waals surface area contributed by atoms with Gasteiger partial charge >= 0.3 is 0 Å². The second-order valence-corrected chi connectivity index (χ2v) is 20.5. The number of piperidine rings is 1. The third-order valence-electron chi connectivity index (χ3n) is 15.7. The third-order valence-corrected chi connectivity index (χ3v) is 15.7. The fraction of sp³-hybridized carbons (Fsp3) is 0.864. The van der Waals surface area contributed by atoms with Crippen LogP contribution in [-0.2, 0) is 28.8 Å². The minimum absolute atomic E-state index is 0.0171. The second-order valence-electron chi connectivity index (χ2n) is 20.5. The van der Waals surface area contributed by atoms with Crippen molar-refractivity contribution in [2.24, 2.45) is 33.5 Å². The van der Waals surface area contributed by atoms with Crippen LogP contribution in [0.15, 0.2) is 0 Å². The van der Waals surface area contributed by atoms with Gasteiger partial charge in [0.15, 0.2) is 0 Å². The number of rotatable bonds is 14. The normalized spacial score (nSPS) is 30.1. The lowest BCUT2D eigenvalue weighted by Crippen LogP contribution is -2.62. The highest BCUT2D eigenvalue weighted by molar-refractivity contribution is 6.38. The van der Waals surface area contributed by atoms with E-state index in [1.54, 1.807) is 4.90 Å². The molecule has 2 heterocycles. The Morgan fingerprint density at radius 1 is 0.786 bits per heavy atom. The average Bonchev–Trinajstić information content (AvgIpc) is 4.10. The monoisotopic (exact) mass is 779 g/mol. The molecule has 312 valence electrons. The Balaban J connectivity index is 1.12. The molecule has 0 aromatic rings. The van der Waals surface area contributed by atoms with E-state index in [-0.39, 0.29) is 51.8 Å². The van der Waals surface area contributed by atoms with Crippen LogP contribution in [0.5, 0.6) is 0 Å². The lowest BCUT2D eigenvalue weighted by Gasteiger charge is -2.38. The van der Waals surface area contributed by atoms with Gasteiger partial charge in [-0.2, -0.15) is 0 Å². The van der Waals surface area contributed by atoms with Crippen molar-refractivity contribution < 1.29 is 28.8 Å². The number of hydrogen-bond acceptors (Lipinski definition) is 7. The number of carbonyl (C=O) groups is 6. The number of nitrogens with zero attached hydrogens (tertiary/aromatic N) is 2. The lowest BCUT2D eigenvalue weighted by atomic mass is 9.73. The zero-order chi connectivity index (χ0) is 40.2. The van der Waals surface area contributed by atoms with Gasteiger partial charge in [0.05, 0.1) is 12.0 Å². The molecule has 4 N–H and O–H groups in total. The molecule has 2 aliphatic heterocycles. The zero-order valence-corrected chi connectivity index (χ0v) is 35.1. The van der Waals surface area contributed by atoms with Crippen molar-refractivity contribution in [1.29, 1.82) is 0 Å². The first-order chi connectivity index (χ1) is 26.5. The summed E-state index contributed by atoms with van der Waals surface area (Å²) >= 11 is 0. The van der Waals surface area contributed by atoms with E-state index >= 15 is 4.79 Å². The zero-order valence-electron chi connectivity index (χ0n) is 35.1. The van der Waals surface area contributed by atoms with Crippen molar-refractivity contribution >= 4 is 35.3 Å². The topological polar surface area (TPSA) is 157 Å². The molecule has 12 nitrogen and oxygen atoms in total. The van der Waals surface area contributed by atoms with Crippen LogP contribution in [0.2, 0.25) is 0 Å². The summed E-state index contributed by atoms with van der Waals surface area (Å²) in [6.07, 6.45) is 15.3. The Hall–Kier alpha value is -3.02. The highest BCUT2D eigenvalue weighted by Crippen LogP contribution is 2.88. The van der Waals surface area contributed by atoms with Crippen molar-refractivity contribution in [3.63, 3.8) is 0 Å². The molecule has 6 atom stereocenters. The largest absolute Gasteiger partial charge is 0.347 e. The van der Waals surface area contributed by atoms with Gasteiger partial charge in [-0.15, -0.1) is 0 Å². The molecular weight excluding hydrogens is 709 g/mol. The van der Waals surface area contributed by atoms with Gasteiger partial charge < -0.3 is 26.2 Å². The van der Waals surface area contributed by atoms with Gasteiger partial charge in [-0.3, -0.25) is 33.7 Å². The van der Waals surface area contributed by atoms with E-state index in [2.05, 4.69) is 40.0 Å². The van der Waals surface area contributed by atoms with Gasteiger partial charge in [-0.1, -0.05) is 73.6 Å². The molecule has 2 spiro atoms. The Kier molecular flexibility index (Phi) is 11.5. The van der Waals surface area contributed by atoms with Gasteiger partial charge in [0.25, 0.3) is 5.91 Å². The van der Waals surface area contributed by atoms with Crippen molar-refractivity contribution in [1.82, 2.24) is 31.1 Å². The van der Waals surface area contributed by atoms with Crippen LogP contribution in [0.25, 0.3) is 0 Å². The maximum absolute atomic E-state index is 15.1. The predicted octanol–water partition coefficient (Wildman–Crippen LogP) is 4.39. The van der Waals surface area contributed by atoms with E-state index in [0.717, 1.165) is 90.1 Å². The SMILES string of the molecule is CCC[C@H](NC(=O)[C@@H]1C[C@@]2(CN1C(=O)[C@@H](NC(=O)[C@@H](NC(=O)[C@H]1CCCN(C3CC3)C1)C1CCCCC1)C(C)(C)C)C(C)(C)C21CCC1)C(=O)C(=O)NC1CC1. The minimum atomic E-state index is -0.983. The van der Waals surface area contributed by atoms with Crippen LogP contribution in [-0.4, -0.2) is 101 Å². The van der Waals surface area contributed by atoms with Crippen LogP contribution < -0.4 is 21.3 Å². The average molecular weight is 779 g/mol. The van der Waals surface area contributed by atoms with Crippen molar-refractivity contribution in [2.75, 3.05) is 19.6 Å². The number of Topliss-reactive ketones (excluding diaryl/α,β-unsaturated/α-hetero) is 1. The summed E-state index contributed by atoms with van der Waals surface area (Å²) in [5, 5.41) is 12.1. The summed E-state index contributed by atoms with van der Waals surface area (Å²) in [6.45, 7) is 14.4. The number of fused-ring (bicyclic) bond motifs is 1. The Bertz CT molecular complexity index is 1550. The fourth-order valence-electron chi connectivity index (χ4n) is 11.7. The number of hydrogen-bond donors (Lipinski definition) is 4. The first-order valence-corrected chi connectivity index (χ1v) is 22.3. The summed E-state index contributed by atoms with van der Waals surface area (Å²) in [5.74, 6) is -2.63. The van der Waals surface area contributed by atoms with E-state index < -0.39 is 47.2 Å². The van der Waals surface area contributed by atoms with Crippen molar-refractivity contribution in [3.05, 3.63) is 0 Å². The van der Waals surface area contributed by atoms with Gasteiger partial charge in [-0.05, 0) is 106 Å². The highest BCUT2D eigenvalue weighted by atomic mass is 16.2. The standard InChI is InChI=1S/C44H70N6O6/c1-7-13-31(34(51)39(55)45-29-17-18-29)46-37(53)32-24-44(42(5,6)43(44)21-12-22-43)26-50(32)40(56)35(41(2,3)4)48-38(54)33(27-14-9-8-10-15-27)47-36(52)28-16-11-23-49(25-28)30-19-20-30/h27-33,35H,7-26H2,1-6H3,(H,45,55)(H,46,53)(H,47,52)(H,48,54)/t28-,31-,32-,33-,35+,44+/m0/s1. The molecule has 56 heavy (non-hydrogen) atoms. The van der Waals surface area contributed by atoms with Crippen molar-refractivity contribution in [3.8, 4) is 0 Å². The van der Waals surface area contributed by atoms with E-state index in [9.17, 15) is 24.0 Å². The molecule has 0 aromatic heterocycles. The number of ketones is 1. The highest BCUT2D eigenvalue weighted by Gasteiger charge is 2.85. The molecule has 5 aliphatic carbocycles. The molecule has 0 radical (unpaired) electrons. The molecule has 2 saturated heterocycles. The molecule has 7 rings (SSSR count). The predicted molar refractivity (Wildman–Crippen MR) is 213 cm³/mol. The minimum Gasteiger partial charge on any atom is -0.347 e. The fourth-order valence-corrected chi connectivity index (χ4v) is 11.7. The molecule has 0 bridgehead atoms. The van der Waals surface area contributed by atoms with Crippen LogP contribution in [0, 0.1) is 33.5 Å². The quantitative estimate of drug-likeness (QED) is 0.191. The second kappa shape index (κ2) is 15.6. The summed E-state index contributed by atoms with van der Waals surface area (Å²) < 4.78 is 0. The molecule has 12 heteroatoms. The van der Waals surface area contributed by atoms with Crippen LogP contribution in [0.1, 0.15) is 151 Å². The summed E-state index contributed by atoms with van der Waals surface area (Å²) in [4.78, 5) is 88.5. The summed E-state index contributed by atoms with van der Waals surface area (Å²) in [7, 11) is 0. The smallest absolute Gasteiger partial charge is 0.289 e. The Morgan fingerprint density at radius 2 is 1.48 bits per heavy atom. The third kappa shape index (κ3) is 7.66. The first-order valence-electron chi connectivity index (χ1n) is 22.3. The van der Waals surface area contributed by atoms with E-state index in [4.69, 9.17) is 0 Å². The number of carbonyl (C=O) groups excluding carboxylic acids is 6. The van der Waals surface area contributed by atoms with E-state index in [1.807, 2.05) is 27.7 Å². The molecule has 5 amide bonds. The van der Waals surface area contributed by atoms with E-state index in [0.29, 0.717) is 31.8 Å². The molecule has 7 aliphatic rings. The summed E-state index contributed by atoms with van der Waals surface area (Å²) in [6, 6.07) is -2.94. The van der Waals surface area contributed by atoms with Crippen LogP contribution in [0.3, 0.4) is 0 Å². The number of nitrogens with one attached hydrogen (secondary N) is 4. The van der Waals surface area contributed by atoms with Gasteiger partial charge in [-0.25, -0.2) is 0 Å². The summed E-state index contributed by atoms with van der Waals surface area (Å²) in [5.41, 5.74) is -1.02. The number of likely N-dealkylation sites (tertiary alicyclic amines) is 2. The Morgan fingerprint density at radius 3 is 2.05 bits per heavy atom. The lowest BCUT2D eigenvalue weighted by molar-refractivity contribution is -0.145. The van der Waals surface area contributed by atoms with Crippen LogP contribution in [0.4, 0.5) is 0 Å². The molecule has 7 fully saturated rings. The molecule has 5 saturated carbocycles. The molecule has 0 unspecified atom stereocenters. The van der Waals surface area contributed by atoms with Gasteiger partial charge in [0, 0.05) is 30.6 Å². The maximum atomic E-state index is 15.1. The Labute approximate surface area is 334 Å². The van der Waals surface area contributed by atoms with Crippen LogP contribution >= 0.6 is 0 Å².